The number of anilines is 1. The topological polar surface area (TPSA) is 81.8 Å². The molecule has 1 aliphatic rings. The SMILES string of the molecule is Cc1ccc(-n2c(SCC(=O)Nc3cc(C)nn3C)nc3sc4c(c3c2=O)CCC4)cc1. The summed E-state index contributed by atoms with van der Waals surface area (Å²) in [5.41, 5.74) is 3.82. The fourth-order valence-electron chi connectivity index (χ4n) is 4.08. The van der Waals surface area contributed by atoms with Crippen molar-refractivity contribution in [2.24, 2.45) is 7.05 Å². The normalized spacial score (nSPS) is 13.0. The van der Waals surface area contributed by atoms with Gasteiger partial charge in [-0.25, -0.2) is 4.98 Å². The first-order chi connectivity index (χ1) is 15.4. The van der Waals surface area contributed by atoms with Gasteiger partial charge in [0, 0.05) is 18.0 Å². The molecule has 9 heteroatoms. The summed E-state index contributed by atoms with van der Waals surface area (Å²) in [6.07, 6.45) is 3.03. The molecular weight excluding hydrogens is 442 g/mol. The summed E-state index contributed by atoms with van der Waals surface area (Å²) in [7, 11) is 1.79. The van der Waals surface area contributed by atoms with Crippen LogP contribution in [0.2, 0.25) is 0 Å². The second-order valence-corrected chi connectivity index (χ2v) is 10.1. The number of rotatable bonds is 5. The highest BCUT2D eigenvalue weighted by Crippen LogP contribution is 2.36. The molecule has 3 heterocycles. The van der Waals surface area contributed by atoms with E-state index in [0.717, 1.165) is 52.0 Å². The Morgan fingerprint density at radius 2 is 2.00 bits per heavy atom. The van der Waals surface area contributed by atoms with Crippen molar-refractivity contribution in [2.45, 2.75) is 38.3 Å². The molecule has 3 aromatic heterocycles. The zero-order chi connectivity index (χ0) is 22.4. The number of nitrogens with zero attached hydrogens (tertiary/aromatic N) is 4. The molecule has 1 aromatic carbocycles. The number of hydrogen-bond acceptors (Lipinski definition) is 6. The lowest BCUT2D eigenvalue weighted by Gasteiger charge is -2.13. The molecule has 1 aliphatic carbocycles. The van der Waals surface area contributed by atoms with Crippen LogP contribution in [-0.2, 0) is 24.7 Å². The Morgan fingerprint density at radius 1 is 1.22 bits per heavy atom. The number of thiophene rings is 1. The van der Waals surface area contributed by atoms with Gasteiger partial charge >= 0.3 is 0 Å². The van der Waals surface area contributed by atoms with E-state index in [1.807, 2.05) is 44.2 Å². The average molecular weight is 466 g/mol. The first-order valence-electron chi connectivity index (χ1n) is 10.5. The predicted octanol–water partition coefficient (Wildman–Crippen LogP) is 4.02. The van der Waals surface area contributed by atoms with E-state index in [1.165, 1.54) is 16.6 Å². The van der Waals surface area contributed by atoms with Crippen LogP contribution in [0.5, 0.6) is 0 Å². The van der Waals surface area contributed by atoms with Gasteiger partial charge in [0.05, 0.1) is 22.5 Å². The van der Waals surface area contributed by atoms with E-state index < -0.39 is 0 Å². The third-order valence-electron chi connectivity index (χ3n) is 5.60. The number of benzene rings is 1. The van der Waals surface area contributed by atoms with Gasteiger partial charge in [0.1, 0.15) is 10.6 Å². The van der Waals surface area contributed by atoms with Crippen molar-refractivity contribution in [1.82, 2.24) is 19.3 Å². The Bertz CT molecular complexity index is 1400. The Kier molecular flexibility index (Phi) is 5.38. The number of thioether (sulfide) groups is 1. The molecule has 0 radical (unpaired) electrons. The summed E-state index contributed by atoms with van der Waals surface area (Å²) >= 11 is 2.89. The number of carbonyl (C=O) groups excluding carboxylic acids is 1. The number of aryl methyl sites for hydroxylation is 5. The lowest BCUT2D eigenvalue weighted by atomic mass is 10.2. The second kappa shape index (κ2) is 8.22. The van der Waals surface area contributed by atoms with Crippen LogP contribution in [0.15, 0.2) is 40.3 Å². The Labute approximate surface area is 193 Å². The summed E-state index contributed by atoms with van der Waals surface area (Å²) in [6, 6.07) is 9.65. The van der Waals surface area contributed by atoms with Crippen molar-refractivity contribution in [3.05, 3.63) is 62.4 Å². The van der Waals surface area contributed by atoms with Crippen LogP contribution in [0, 0.1) is 13.8 Å². The van der Waals surface area contributed by atoms with Crippen LogP contribution in [0.1, 0.15) is 28.1 Å². The van der Waals surface area contributed by atoms with Gasteiger partial charge in [0.2, 0.25) is 5.91 Å². The van der Waals surface area contributed by atoms with Crippen molar-refractivity contribution in [3.63, 3.8) is 0 Å². The average Bonchev–Trinajstić information content (AvgIpc) is 3.42. The molecule has 32 heavy (non-hydrogen) atoms. The smallest absolute Gasteiger partial charge is 0.267 e. The molecule has 164 valence electrons. The van der Waals surface area contributed by atoms with E-state index in [4.69, 9.17) is 4.98 Å². The van der Waals surface area contributed by atoms with Crippen LogP contribution in [0.25, 0.3) is 15.9 Å². The number of fused-ring (bicyclic) bond motifs is 3. The largest absolute Gasteiger partial charge is 0.310 e. The molecule has 7 nitrogen and oxygen atoms in total. The summed E-state index contributed by atoms with van der Waals surface area (Å²) in [5, 5.41) is 8.40. The third kappa shape index (κ3) is 3.75. The Hall–Kier alpha value is -2.91. The van der Waals surface area contributed by atoms with Crippen LogP contribution >= 0.6 is 23.1 Å². The van der Waals surface area contributed by atoms with Crippen LogP contribution < -0.4 is 10.9 Å². The molecule has 1 amide bonds. The maximum Gasteiger partial charge on any atom is 0.267 e. The number of carbonyl (C=O) groups is 1. The third-order valence-corrected chi connectivity index (χ3v) is 7.73. The lowest BCUT2D eigenvalue weighted by molar-refractivity contribution is -0.113. The minimum atomic E-state index is -0.170. The maximum absolute atomic E-state index is 13.6. The quantitative estimate of drug-likeness (QED) is 0.356. The fourth-order valence-corrected chi connectivity index (χ4v) is 6.19. The molecule has 0 fully saturated rings. The van der Waals surface area contributed by atoms with Gasteiger partial charge in [-0.3, -0.25) is 18.8 Å². The molecule has 0 spiro atoms. The lowest BCUT2D eigenvalue weighted by Crippen LogP contribution is -2.23. The van der Waals surface area contributed by atoms with Crippen molar-refractivity contribution < 1.29 is 4.79 Å². The molecule has 5 rings (SSSR count). The molecule has 4 aromatic rings. The van der Waals surface area contributed by atoms with E-state index in [9.17, 15) is 9.59 Å². The summed E-state index contributed by atoms with van der Waals surface area (Å²) in [4.78, 5) is 33.1. The number of amides is 1. The van der Waals surface area contributed by atoms with E-state index in [0.29, 0.717) is 11.0 Å². The fraction of sp³-hybridized carbons (Fsp3) is 0.304. The number of aromatic nitrogens is 4. The highest BCUT2D eigenvalue weighted by molar-refractivity contribution is 7.99. The first kappa shape index (κ1) is 21.0. The van der Waals surface area contributed by atoms with Crippen molar-refractivity contribution >= 4 is 45.0 Å². The molecule has 0 atom stereocenters. The highest BCUT2D eigenvalue weighted by Gasteiger charge is 2.24. The van der Waals surface area contributed by atoms with Gasteiger partial charge in [-0.1, -0.05) is 29.5 Å². The maximum atomic E-state index is 13.6. The number of nitrogens with one attached hydrogen (secondary N) is 1. The molecular formula is C23H23N5O2S2. The van der Waals surface area contributed by atoms with Crippen molar-refractivity contribution in [1.29, 1.82) is 0 Å². The van der Waals surface area contributed by atoms with Gasteiger partial charge in [0.25, 0.3) is 5.56 Å². The second-order valence-electron chi connectivity index (χ2n) is 8.04. The van der Waals surface area contributed by atoms with Gasteiger partial charge in [-0.05, 0) is 50.8 Å². The standard InChI is InChI=1S/C23H23N5O2S2/c1-13-7-9-15(10-8-13)28-22(30)20-16-5-4-6-17(16)32-21(20)25-23(28)31-12-19(29)24-18-11-14(2)26-27(18)3/h7-11H,4-6,12H2,1-3H3,(H,24,29). The zero-order valence-electron chi connectivity index (χ0n) is 18.1. The highest BCUT2D eigenvalue weighted by atomic mass is 32.2. The van der Waals surface area contributed by atoms with E-state index in [-0.39, 0.29) is 17.2 Å². The van der Waals surface area contributed by atoms with Gasteiger partial charge < -0.3 is 5.32 Å². The molecule has 0 saturated heterocycles. The summed E-state index contributed by atoms with van der Waals surface area (Å²) in [5.74, 6) is 0.609. The minimum Gasteiger partial charge on any atom is -0.310 e. The zero-order valence-corrected chi connectivity index (χ0v) is 19.8. The van der Waals surface area contributed by atoms with Crippen LogP contribution in [0.3, 0.4) is 0 Å². The van der Waals surface area contributed by atoms with Crippen molar-refractivity contribution in [2.75, 3.05) is 11.1 Å². The van der Waals surface area contributed by atoms with E-state index in [2.05, 4.69) is 10.4 Å². The molecule has 0 saturated carbocycles. The van der Waals surface area contributed by atoms with Gasteiger partial charge in [-0.2, -0.15) is 5.10 Å². The molecule has 0 unspecified atom stereocenters. The minimum absolute atomic E-state index is 0.0524. The molecule has 0 aliphatic heterocycles. The Morgan fingerprint density at radius 3 is 2.72 bits per heavy atom. The van der Waals surface area contributed by atoms with E-state index in [1.54, 1.807) is 27.6 Å². The monoisotopic (exact) mass is 465 g/mol. The molecule has 1 N–H and O–H groups in total. The number of hydrogen-bond donors (Lipinski definition) is 1. The van der Waals surface area contributed by atoms with Gasteiger partial charge in [-0.15, -0.1) is 11.3 Å². The molecule has 0 bridgehead atoms. The van der Waals surface area contributed by atoms with Crippen molar-refractivity contribution in [3.8, 4) is 5.69 Å². The first-order valence-corrected chi connectivity index (χ1v) is 12.3. The summed E-state index contributed by atoms with van der Waals surface area (Å²) in [6.45, 7) is 3.89. The van der Waals surface area contributed by atoms with Crippen LogP contribution in [-0.4, -0.2) is 31.0 Å². The predicted molar refractivity (Wildman–Crippen MR) is 129 cm³/mol. The van der Waals surface area contributed by atoms with E-state index >= 15 is 0 Å². The Balaban J connectivity index is 1.52. The summed E-state index contributed by atoms with van der Waals surface area (Å²) < 4.78 is 3.29. The van der Waals surface area contributed by atoms with Crippen LogP contribution in [0.4, 0.5) is 5.82 Å². The van der Waals surface area contributed by atoms with Gasteiger partial charge in [0.15, 0.2) is 5.16 Å².